The molecule has 0 spiro atoms. The van der Waals surface area contributed by atoms with E-state index in [1.54, 1.807) is 18.2 Å². The van der Waals surface area contributed by atoms with Crippen LogP contribution >= 0.6 is 23.2 Å². The predicted octanol–water partition coefficient (Wildman–Crippen LogP) is 3.92. The van der Waals surface area contributed by atoms with E-state index in [1.807, 2.05) is 37.3 Å². The Morgan fingerprint density at radius 2 is 1.76 bits per heavy atom. The van der Waals surface area contributed by atoms with Crippen molar-refractivity contribution >= 4 is 35.0 Å². The van der Waals surface area contributed by atoms with Gasteiger partial charge in [0, 0.05) is 23.0 Å². The Balaban J connectivity index is 1.74. The third kappa shape index (κ3) is 6.40. The van der Waals surface area contributed by atoms with Crippen molar-refractivity contribution in [2.24, 2.45) is 0 Å². The predicted molar refractivity (Wildman–Crippen MR) is 101 cm³/mol. The highest BCUT2D eigenvalue weighted by Gasteiger charge is 2.13. The molecule has 2 aromatic rings. The molecule has 4 nitrogen and oxygen atoms in total. The SMILES string of the molecule is CC(NC(=O)CCNC(=O)Cc1ccccc1)c1ccc(Cl)cc1Cl. The molecule has 0 aliphatic carbocycles. The molecular formula is C19H20Cl2N2O2. The van der Waals surface area contributed by atoms with E-state index in [-0.39, 0.29) is 24.3 Å². The molecule has 0 aliphatic heterocycles. The van der Waals surface area contributed by atoms with Gasteiger partial charge in [0.2, 0.25) is 11.8 Å². The first-order chi connectivity index (χ1) is 12.0. The lowest BCUT2D eigenvalue weighted by Gasteiger charge is -2.16. The Bertz CT molecular complexity index is 735. The Morgan fingerprint density at radius 3 is 2.44 bits per heavy atom. The molecule has 0 saturated heterocycles. The van der Waals surface area contributed by atoms with Crippen molar-refractivity contribution in [1.29, 1.82) is 0 Å². The zero-order valence-electron chi connectivity index (χ0n) is 13.9. The molecule has 2 rings (SSSR count). The van der Waals surface area contributed by atoms with Crippen molar-refractivity contribution < 1.29 is 9.59 Å². The van der Waals surface area contributed by atoms with Crippen molar-refractivity contribution in [3.05, 3.63) is 69.7 Å². The van der Waals surface area contributed by atoms with Crippen LogP contribution in [0.4, 0.5) is 0 Å². The van der Waals surface area contributed by atoms with Crippen LogP contribution < -0.4 is 10.6 Å². The van der Waals surface area contributed by atoms with Gasteiger partial charge in [0.05, 0.1) is 12.5 Å². The number of carbonyl (C=O) groups excluding carboxylic acids is 2. The molecule has 0 aliphatic rings. The lowest BCUT2D eigenvalue weighted by atomic mass is 10.1. The van der Waals surface area contributed by atoms with Crippen LogP contribution in [0.2, 0.25) is 10.0 Å². The highest BCUT2D eigenvalue weighted by Crippen LogP contribution is 2.26. The van der Waals surface area contributed by atoms with E-state index in [4.69, 9.17) is 23.2 Å². The van der Waals surface area contributed by atoms with Gasteiger partial charge in [0.1, 0.15) is 0 Å². The third-order valence-corrected chi connectivity index (χ3v) is 4.25. The lowest BCUT2D eigenvalue weighted by molar-refractivity contribution is -0.122. The minimum atomic E-state index is -0.239. The smallest absolute Gasteiger partial charge is 0.224 e. The van der Waals surface area contributed by atoms with Crippen LogP contribution in [0.5, 0.6) is 0 Å². The van der Waals surface area contributed by atoms with E-state index in [1.165, 1.54) is 0 Å². The molecule has 0 heterocycles. The summed E-state index contributed by atoms with van der Waals surface area (Å²) in [6, 6.07) is 14.4. The van der Waals surface area contributed by atoms with Crippen LogP contribution in [0.1, 0.15) is 30.5 Å². The summed E-state index contributed by atoms with van der Waals surface area (Å²) in [7, 11) is 0. The fraction of sp³-hybridized carbons (Fsp3) is 0.263. The number of carbonyl (C=O) groups is 2. The fourth-order valence-corrected chi connectivity index (χ4v) is 2.98. The first-order valence-corrected chi connectivity index (χ1v) is 8.76. The number of hydrogen-bond donors (Lipinski definition) is 2. The van der Waals surface area contributed by atoms with Crippen molar-refractivity contribution in [3.8, 4) is 0 Å². The zero-order chi connectivity index (χ0) is 18.2. The summed E-state index contributed by atoms with van der Waals surface area (Å²) < 4.78 is 0. The maximum Gasteiger partial charge on any atom is 0.224 e. The molecular weight excluding hydrogens is 359 g/mol. The molecule has 0 aromatic heterocycles. The molecule has 6 heteroatoms. The molecule has 2 N–H and O–H groups in total. The monoisotopic (exact) mass is 378 g/mol. The highest BCUT2D eigenvalue weighted by atomic mass is 35.5. The first-order valence-electron chi connectivity index (χ1n) is 8.00. The van der Waals surface area contributed by atoms with Gasteiger partial charge < -0.3 is 10.6 Å². The molecule has 0 bridgehead atoms. The van der Waals surface area contributed by atoms with Crippen LogP contribution in [0.3, 0.4) is 0 Å². The summed E-state index contributed by atoms with van der Waals surface area (Å²) in [5.41, 5.74) is 1.74. The van der Waals surface area contributed by atoms with Crippen LogP contribution in [0.25, 0.3) is 0 Å². The summed E-state index contributed by atoms with van der Waals surface area (Å²) in [4.78, 5) is 23.9. The largest absolute Gasteiger partial charge is 0.355 e. The molecule has 2 amide bonds. The van der Waals surface area contributed by atoms with Gasteiger partial charge in [-0.1, -0.05) is 59.6 Å². The van der Waals surface area contributed by atoms with E-state index >= 15 is 0 Å². The lowest BCUT2D eigenvalue weighted by Crippen LogP contribution is -2.32. The minimum Gasteiger partial charge on any atom is -0.355 e. The highest BCUT2D eigenvalue weighted by molar-refractivity contribution is 6.35. The standard InChI is InChI=1S/C19H20Cl2N2O2/c1-13(16-8-7-15(20)12-17(16)21)23-18(24)9-10-22-19(25)11-14-5-3-2-4-6-14/h2-8,12-13H,9-11H2,1H3,(H,22,25)(H,23,24). The normalized spacial score (nSPS) is 11.6. The van der Waals surface area contributed by atoms with Gasteiger partial charge in [0.15, 0.2) is 0 Å². The number of benzene rings is 2. The minimum absolute atomic E-state index is 0.104. The maximum atomic E-state index is 12.0. The Kier molecular flexibility index (Phi) is 7.29. The van der Waals surface area contributed by atoms with Crippen LogP contribution in [-0.4, -0.2) is 18.4 Å². The van der Waals surface area contributed by atoms with Crippen LogP contribution in [-0.2, 0) is 16.0 Å². The fourth-order valence-electron chi connectivity index (χ4n) is 2.40. The number of rotatable bonds is 7. The molecule has 25 heavy (non-hydrogen) atoms. The van der Waals surface area contributed by atoms with Gasteiger partial charge >= 0.3 is 0 Å². The van der Waals surface area contributed by atoms with E-state index in [2.05, 4.69) is 10.6 Å². The molecule has 1 unspecified atom stereocenters. The molecule has 0 saturated carbocycles. The summed E-state index contributed by atoms with van der Waals surface area (Å²) in [6.45, 7) is 2.14. The average molecular weight is 379 g/mol. The van der Waals surface area contributed by atoms with Crippen LogP contribution in [0, 0.1) is 0 Å². The van der Waals surface area contributed by atoms with Crippen molar-refractivity contribution in [2.75, 3.05) is 6.54 Å². The van der Waals surface area contributed by atoms with E-state index in [9.17, 15) is 9.59 Å². The van der Waals surface area contributed by atoms with Gasteiger partial charge in [-0.2, -0.15) is 0 Å². The summed E-state index contributed by atoms with van der Waals surface area (Å²) in [5, 5.41) is 6.67. The van der Waals surface area contributed by atoms with Gasteiger partial charge in [-0.15, -0.1) is 0 Å². The molecule has 0 radical (unpaired) electrons. The van der Waals surface area contributed by atoms with E-state index in [0.717, 1.165) is 11.1 Å². The summed E-state index contributed by atoms with van der Waals surface area (Å²) in [5.74, 6) is -0.258. The number of nitrogens with one attached hydrogen (secondary N) is 2. The summed E-state index contributed by atoms with van der Waals surface area (Å²) in [6.07, 6.45) is 0.509. The van der Waals surface area contributed by atoms with E-state index < -0.39 is 0 Å². The first kappa shape index (κ1) is 19.3. The number of hydrogen-bond acceptors (Lipinski definition) is 2. The van der Waals surface area contributed by atoms with Crippen molar-refractivity contribution in [1.82, 2.24) is 10.6 Å². The Morgan fingerprint density at radius 1 is 1.04 bits per heavy atom. The Labute approximate surface area is 157 Å². The number of amides is 2. The zero-order valence-corrected chi connectivity index (χ0v) is 15.4. The van der Waals surface area contributed by atoms with E-state index in [0.29, 0.717) is 23.0 Å². The van der Waals surface area contributed by atoms with Crippen molar-refractivity contribution in [2.45, 2.75) is 25.8 Å². The van der Waals surface area contributed by atoms with Gasteiger partial charge in [-0.05, 0) is 30.2 Å². The molecule has 1 atom stereocenters. The second-order valence-corrected chi connectivity index (χ2v) is 6.56. The summed E-state index contributed by atoms with van der Waals surface area (Å²) >= 11 is 12.0. The molecule has 0 fully saturated rings. The second kappa shape index (κ2) is 9.44. The van der Waals surface area contributed by atoms with Gasteiger partial charge in [-0.3, -0.25) is 9.59 Å². The van der Waals surface area contributed by atoms with Gasteiger partial charge in [0.25, 0.3) is 0 Å². The maximum absolute atomic E-state index is 12.0. The van der Waals surface area contributed by atoms with Crippen molar-refractivity contribution in [3.63, 3.8) is 0 Å². The topological polar surface area (TPSA) is 58.2 Å². The average Bonchev–Trinajstić information content (AvgIpc) is 2.55. The third-order valence-electron chi connectivity index (χ3n) is 3.69. The molecule has 132 valence electrons. The number of halogens is 2. The molecule has 2 aromatic carbocycles. The quantitative estimate of drug-likeness (QED) is 0.766. The Hall–Kier alpha value is -2.04. The second-order valence-electron chi connectivity index (χ2n) is 5.72. The van der Waals surface area contributed by atoms with Gasteiger partial charge in [-0.25, -0.2) is 0 Å². The van der Waals surface area contributed by atoms with Crippen LogP contribution in [0.15, 0.2) is 48.5 Å².